The number of H-pyrrole nitrogens is 1. The van der Waals surface area contributed by atoms with Gasteiger partial charge in [-0.15, -0.1) is 0 Å². The summed E-state index contributed by atoms with van der Waals surface area (Å²) in [5.74, 6) is -1.57. The molecule has 0 fully saturated rings. The number of nitrogens with one attached hydrogen (secondary N) is 2. The smallest absolute Gasteiger partial charge is 0.355 e. The number of anilines is 1. The summed E-state index contributed by atoms with van der Waals surface area (Å²) < 4.78 is 19.4. The van der Waals surface area contributed by atoms with Crippen molar-refractivity contribution in [3.8, 4) is 0 Å². The third-order valence-electron chi connectivity index (χ3n) is 3.32. The largest absolute Gasteiger partial charge is 0.461 e. The third kappa shape index (κ3) is 3.61. The minimum Gasteiger partial charge on any atom is -0.461 e. The number of amides is 1. The van der Waals surface area contributed by atoms with Crippen LogP contribution in [-0.2, 0) is 4.74 Å². The van der Waals surface area contributed by atoms with E-state index in [1.165, 1.54) is 12.1 Å². The minimum absolute atomic E-state index is 0.0656. The van der Waals surface area contributed by atoms with Crippen molar-refractivity contribution in [3.63, 3.8) is 0 Å². The van der Waals surface area contributed by atoms with Crippen molar-refractivity contribution in [2.45, 2.75) is 20.8 Å². The number of aryl methyl sites for hydroxylation is 1. The molecule has 0 aliphatic heterocycles. The monoisotopic (exact) mass is 382 g/mol. The molecule has 5 nitrogen and oxygen atoms in total. The Morgan fingerprint density at radius 1 is 1.35 bits per heavy atom. The zero-order valence-corrected chi connectivity index (χ0v) is 14.5. The van der Waals surface area contributed by atoms with Gasteiger partial charge in [0.1, 0.15) is 11.5 Å². The van der Waals surface area contributed by atoms with Gasteiger partial charge in [0.25, 0.3) is 5.91 Å². The maximum Gasteiger partial charge on any atom is 0.355 e. The summed E-state index contributed by atoms with van der Waals surface area (Å²) in [6, 6.07) is 4.34. The van der Waals surface area contributed by atoms with Gasteiger partial charge in [-0.05, 0) is 44.5 Å². The fourth-order valence-electron chi connectivity index (χ4n) is 2.27. The maximum absolute atomic E-state index is 13.8. The summed E-state index contributed by atoms with van der Waals surface area (Å²) in [6.07, 6.45) is 0. The van der Waals surface area contributed by atoms with Crippen LogP contribution in [0.2, 0.25) is 0 Å². The van der Waals surface area contributed by atoms with E-state index in [9.17, 15) is 14.0 Å². The van der Waals surface area contributed by atoms with Gasteiger partial charge in [0.15, 0.2) is 0 Å². The number of benzene rings is 1. The number of halogens is 2. The number of hydrogen-bond acceptors (Lipinski definition) is 3. The molecule has 122 valence electrons. The molecular formula is C16H16BrFN2O3. The molecule has 23 heavy (non-hydrogen) atoms. The first-order valence-corrected chi connectivity index (χ1v) is 7.77. The number of esters is 1. The third-order valence-corrected chi connectivity index (χ3v) is 3.82. The van der Waals surface area contributed by atoms with Crippen molar-refractivity contribution in [2.75, 3.05) is 11.9 Å². The summed E-state index contributed by atoms with van der Waals surface area (Å²) in [7, 11) is 0. The van der Waals surface area contributed by atoms with E-state index in [1.807, 2.05) is 0 Å². The first-order chi connectivity index (χ1) is 10.8. The lowest BCUT2D eigenvalue weighted by Gasteiger charge is -2.07. The average Bonchev–Trinajstić information content (AvgIpc) is 2.77. The van der Waals surface area contributed by atoms with Crippen LogP contribution in [0.4, 0.5) is 10.1 Å². The molecule has 0 radical (unpaired) electrons. The van der Waals surface area contributed by atoms with E-state index in [4.69, 9.17) is 4.74 Å². The molecular weight excluding hydrogens is 367 g/mol. The van der Waals surface area contributed by atoms with E-state index < -0.39 is 17.7 Å². The normalized spacial score (nSPS) is 10.5. The molecule has 0 bridgehead atoms. The first-order valence-electron chi connectivity index (χ1n) is 6.97. The summed E-state index contributed by atoms with van der Waals surface area (Å²) in [6.45, 7) is 5.25. The standard InChI is InChI=1S/C16H16BrFN2O3/c1-4-23-16(22)14-8(2)13(9(3)19-14)15(21)20-12-6-5-10(17)7-11(12)18/h5-7,19H,4H2,1-3H3,(H,20,21). The Bertz CT molecular complexity index is 771. The highest BCUT2D eigenvalue weighted by molar-refractivity contribution is 9.10. The van der Waals surface area contributed by atoms with Gasteiger partial charge in [0.05, 0.1) is 17.9 Å². The van der Waals surface area contributed by atoms with Gasteiger partial charge >= 0.3 is 5.97 Å². The van der Waals surface area contributed by atoms with Gasteiger partial charge in [-0.2, -0.15) is 0 Å². The molecule has 1 aromatic carbocycles. The van der Waals surface area contributed by atoms with Crippen LogP contribution in [0.5, 0.6) is 0 Å². The van der Waals surface area contributed by atoms with Crippen molar-refractivity contribution in [3.05, 3.63) is 51.0 Å². The van der Waals surface area contributed by atoms with E-state index in [1.54, 1.807) is 26.8 Å². The van der Waals surface area contributed by atoms with E-state index >= 15 is 0 Å². The van der Waals surface area contributed by atoms with E-state index in [0.29, 0.717) is 21.3 Å². The number of carbonyl (C=O) groups excluding carboxylic acids is 2. The van der Waals surface area contributed by atoms with Gasteiger partial charge < -0.3 is 15.0 Å². The predicted molar refractivity (Wildman–Crippen MR) is 88.3 cm³/mol. The summed E-state index contributed by atoms with van der Waals surface area (Å²) in [5.41, 5.74) is 1.58. The number of hydrogen-bond donors (Lipinski definition) is 2. The molecule has 1 aromatic heterocycles. The van der Waals surface area contributed by atoms with Crippen LogP contribution in [0.1, 0.15) is 39.0 Å². The highest BCUT2D eigenvalue weighted by Crippen LogP contribution is 2.23. The molecule has 2 N–H and O–H groups in total. The second-order valence-corrected chi connectivity index (χ2v) is 5.84. The molecule has 2 rings (SSSR count). The topological polar surface area (TPSA) is 71.2 Å². The Morgan fingerprint density at radius 3 is 2.65 bits per heavy atom. The number of ether oxygens (including phenoxy) is 1. The van der Waals surface area contributed by atoms with Crippen LogP contribution in [0.3, 0.4) is 0 Å². The number of rotatable bonds is 4. The van der Waals surface area contributed by atoms with Crippen LogP contribution in [0.25, 0.3) is 0 Å². The minimum atomic E-state index is -0.552. The van der Waals surface area contributed by atoms with Crippen LogP contribution >= 0.6 is 15.9 Å². The lowest BCUT2D eigenvalue weighted by atomic mass is 10.1. The number of aromatic amines is 1. The van der Waals surface area contributed by atoms with Crippen molar-refractivity contribution in [1.29, 1.82) is 0 Å². The predicted octanol–water partition coefficient (Wildman–Crippen LogP) is 3.96. The molecule has 0 saturated heterocycles. The zero-order chi connectivity index (χ0) is 17.1. The van der Waals surface area contributed by atoms with E-state index in [2.05, 4.69) is 26.2 Å². The fourth-order valence-corrected chi connectivity index (χ4v) is 2.61. The first kappa shape index (κ1) is 17.2. The lowest BCUT2D eigenvalue weighted by Crippen LogP contribution is -2.15. The Morgan fingerprint density at radius 2 is 2.04 bits per heavy atom. The SMILES string of the molecule is CCOC(=O)c1[nH]c(C)c(C(=O)Nc2ccc(Br)cc2F)c1C. The molecule has 0 unspecified atom stereocenters. The van der Waals surface area contributed by atoms with E-state index in [-0.39, 0.29) is 18.0 Å². The van der Waals surface area contributed by atoms with E-state index in [0.717, 1.165) is 0 Å². The molecule has 0 aliphatic rings. The lowest BCUT2D eigenvalue weighted by molar-refractivity contribution is 0.0519. The zero-order valence-electron chi connectivity index (χ0n) is 12.9. The summed E-state index contributed by atoms with van der Waals surface area (Å²) >= 11 is 3.16. The van der Waals surface area contributed by atoms with Gasteiger partial charge in [0, 0.05) is 10.2 Å². The summed E-state index contributed by atoms with van der Waals surface area (Å²) in [4.78, 5) is 27.1. The molecule has 0 saturated carbocycles. The van der Waals surface area contributed by atoms with Crippen LogP contribution < -0.4 is 5.32 Å². The van der Waals surface area contributed by atoms with Crippen molar-refractivity contribution in [2.24, 2.45) is 0 Å². The Kier molecular flexibility index (Phi) is 5.20. The highest BCUT2D eigenvalue weighted by atomic mass is 79.9. The molecule has 0 spiro atoms. The Hall–Kier alpha value is -2.15. The second-order valence-electron chi connectivity index (χ2n) is 4.92. The molecule has 2 aromatic rings. The van der Waals surface area contributed by atoms with Crippen LogP contribution in [0, 0.1) is 19.7 Å². The number of aromatic nitrogens is 1. The molecule has 7 heteroatoms. The van der Waals surface area contributed by atoms with Gasteiger partial charge in [0.2, 0.25) is 0 Å². The van der Waals surface area contributed by atoms with Crippen molar-refractivity contribution < 1.29 is 18.7 Å². The summed E-state index contributed by atoms with van der Waals surface area (Å²) in [5, 5.41) is 2.51. The highest BCUT2D eigenvalue weighted by Gasteiger charge is 2.23. The van der Waals surface area contributed by atoms with Crippen LogP contribution in [0.15, 0.2) is 22.7 Å². The van der Waals surface area contributed by atoms with Crippen molar-refractivity contribution in [1.82, 2.24) is 4.98 Å². The maximum atomic E-state index is 13.8. The van der Waals surface area contributed by atoms with Gasteiger partial charge in [-0.25, -0.2) is 9.18 Å². The molecule has 1 heterocycles. The Balaban J connectivity index is 2.31. The van der Waals surface area contributed by atoms with Crippen molar-refractivity contribution >= 4 is 33.5 Å². The molecule has 1 amide bonds. The second kappa shape index (κ2) is 6.95. The van der Waals surface area contributed by atoms with Crippen LogP contribution in [-0.4, -0.2) is 23.5 Å². The van der Waals surface area contributed by atoms with Gasteiger partial charge in [-0.1, -0.05) is 15.9 Å². The molecule has 0 aliphatic carbocycles. The van der Waals surface area contributed by atoms with Gasteiger partial charge in [-0.3, -0.25) is 4.79 Å². The number of carbonyl (C=O) groups is 2. The Labute approximate surface area is 141 Å². The molecule has 0 atom stereocenters. The quantitative estimate of drug-likeness (QED) is 0.786. The average molecular weight is 383 g/mol. The fraction of sp³-hybridized carbons (Fsp3) is 0.250.